The molecule has 0 radical (unpaired) electrons. The van der Waals surface area contributed by atoms with Crippen LogP contribution in [0.15, 0.2) is 103 Å². The first-order valence-corrected chi connectivity index (χ1v) is 12.2. The zero-order valence-electron chi connectivity index (χ0n) is 18.1. The Hall–Kier alpha value is -4.28. The van der Waals surface area contributed by atoms with E-state index in [4.69, 9.17) is 0 Å². The highest BCUT2D eigenvalue weighted by Gasteiger charge is 2.22. The largest absolute Gasteiger partial charge is 0.277 e. The van der Waals surface area contributed by atoms with Crippen LogP contribution in [0.1, 0.15) is 0 Å². The maximum absolute atomic E-state index is 4.68. The highest BCUT2D eigenvalue weighted by atomic mass is 32.1. The Balaban J connectivity index is 1.76. The fourth-order valence-corrected chi connectivity index (χ4v) is 6.89. The van der Waals surface area contributed by atoms with Crippen LogP contribution in [0.4, 0.5) is 0 Å². The van der Waals surface area contributed by atoms with Crippen molar-refractivity contribution in [1.82, 2.24) is 14.5 Å². The van der Waals surface area contributed by atoms with Gasteiger partial charge >= 0.3 is 0 Å². The van der Waals surface area contributed by atoms with Gasteiger partial charge in [-0.3, -0.25) is 4.57 Å². The van der Waals surface area contributed by atoms with Crippen molar-refractivity contribution < 1.29 is 0 Å². The van der Waals surface area contributed by atoms with Gasteiger partial charge in [-0.1, -0.05) is 78.9 Å². The molecule has 5 aromatic carbocycles. The van der Waals surface area contributed by atoms with Gasteiger partial charge < -0.3 is 0 Å². The van der Waals surface area contributed by atoms with E-state index in [0.29, 0.717) is 5.95 Å². The van der Waals surface area contributed by atoms with Crippen molar-refractivity contribution in [2.24, 2.45) is 0 Å². The summed E-state index contributed by atoms with van der Waals surface area (Å²) >= 11 is 1.90. The Morgan fingerprint density at radius 1 is 0.529 bits per heavy atom. The van der Waals surface area contributed by atoms with Crippen molar-refractivity contribution in [3.05, 3.63) is 103 Å². The smallest absolute Gasteiger partial charge is 0.234 e. The monoisotopic (exact) mass is 451 g/mol. The molecule has 0 aliphatic rings. The molecule has 0 saturated carbocycles. The van der Waals surface area contributed by atoms with Gasteiger partial charge in [0, 0.05) is 48.7 Å². The Labute approximate surface area is 198 Å². The van der Waals surface area contributed by atoms with E-state index in [1.807, 2.05) is 29.8 Å². The van der Waals surface area contributed by atoms with Gasteiger partial charge in [-0.2, -0.15) is 0 Å². The van der Waals surface area contributed by atoms with Crippen LogP contribution in [-0.2, 0) is 0 Å². The third-order valence-corrected chi connectivity index (χ3v) is 8.16. The van der Waals surface area contributed by atoms with Gasteiger partial charge in [0.1, 0.15) is 0 Å². The van der Waals surface area contributed by atoms with Crippen molar-refractivity contribution in [3.8, 4) is 5.95 Å². The SMILES string of the molecule is c1cnc(-n2c3ccccc3c3c4ccccc4c4sc5c6ccccc6ccc5c4c32)nc1. The van der Waals surface area contributed by atoms with Gasteiger partial charge in [0.25, 0.3) is 0 Å². The molecule has 0 fully saturated rings. The first-order chi connectivity index (χ1) is 16.9. The Bertz CT molecular complexity index is 2070. The van der Waals surface area contributed by atoms with Crippen LogP contribution in [0, 0.1) is 0 Å². The summed E-state index contributed by atoms with van der Waals surface area (Å²) in [5.74, 6) is 0.699. The second-order valence-electron chi connectivity index (χ2n) is 8.64. The fraction of sp³-hybridized carbons (Fsp3) is 0. The van der Waals surface area contributed by atoms with Crippen LogP contribution in [0.25, 0.3) is 69.5 Å². The molecule has 34 heavy (non-hydrogen) atoms. The van der Waals surface area contributed by atoms with Gasteiger partial charge in [-0.15, -0.1) is 11.3 Å². The average Bonchev–Trinajstić information content (AvgIpc) is 3.46. The number of thiophene rings is 1. The molecule has 8 aromatic rings. The van der Waals surface area contributed by atoms with Gasteiger partial charge in [0.05, 0.1) is 11.0 Å². The number of benzene rings is 5. The summed E-state index contributed by atoms with van der Waals surface area (Å²) in [5.41, 5.74) is 2.31. The Morgan fingerprint density at radius 3 is 2.09 bits per heavy atom. The lowest BCUT2D eigenvalue weighted by Gasteiger charge is -2.08. The summed E-state index contributed by atoms with van der Waals surface area (Å²) < 4.78 is 4.90. The molecular formula is C30H17N3S. The van der Waals surface area contributed by atoms with Crippen molar-refractivity contribution >= 4 is 74.9 Å². The average molecular weight is 452 g/mol. The van der Waals surface area contributed by atoms with E-state index in [1.165, 1.54) is 58.0 Å². The molecule has 0 aliphatic carbocycles. The van der Waals surface area contributed by atoms with Crippen LogP contribution in [0.3, 0.4) is 0 Å². The molecule has 0 saturated heterocycles. The number of aromatic nitrogens is 3. The minimum atomic E-state index is 0.699. The summed E-state index contributed by atoms with van der Waals surface area (Å²) in [6.45, 7) is 0. The van der Waals surface area contributed by atoms with Crippen LogP contribution in [0.5, 0.6) is 0 Å². The van der Waals surface area contributed by atoms with Crippen LogP contribution < -0.4 is 0 Å². The standard InChI is InChI=1S/C30H17N3S/c1-2-9-19-18(8-1)14-15-23-26-27-25(20-10-3-4-11-21(20)29(26)34-28(19)23)22-12-5-6-13-24(22)33(27)30-31-16-7-17-32-30/h1-17H. The first kappa shape index (κ1) is 18.2. The van der Waals surface area contributed by atoms with Crippen LogP contribution in [0.2, 0.25) is 0 Å². The number of fused-ring (bicyclic) bond motifs is 12. The lowest BCUT2D eigenvalue weighted by Crippen LogP contribution is -1.99. The van der Waals surface area contributed by atoms with E-state index in [-0.39, 0.29) is 0 Å². The van der Waals surface area contributed by atoms with E-state index < -0.39 is 0 Å². The normalized spacial score (nSPS) is 12.1. The van der Waals surface area contributed by atoms with E-state index in [2.05, 4.69) is 99.5 Å². The molecule has 0 bridgehead atoms. The molecule has 3 nitrogen and oxygen atoms in total. The van der Waals surface area contributed by atoms with Gasteiger partial charge in [0.15, 0.2) is 0 Å². The third-order valence-electron chi connectivity index (χ3n) is 6.88. The summed E-state index contributed by atoms with van der Waals surface area (Å²) in [6.07, 6.45) is 3.64. The van der Waals surface area contributed by atoms with Crippen molar-refractivity contribution in [2.75, 3.05) is 0 Å². The van der Waals surface area contributed by atoms with E-state index >= 15 is 0 Å². The molecule has 3 heterocycles. The summed E-state index contributed by atoms with van der Waals surface area (Å²) in [5, 5.41) is 10.2. The fourth-order valence-electron chi connectivity index (χ4n) is 5.51. The lowest BCUT2D eigenvalue weighted by atomic mass is 9.99. The quantitative estimate of drug-likeness (QED) is 0.251. The lowest BCUT2D eigenvalue weighted by molar-refractivity contribution is 0.991. The molecule has 0 spiro atoms. The van der Waals surface area contributed by atoms with Gasteiger partial charge in [-0.05, 0) is 28.3 Å². The molecule has 0 atom stereocenters. The highest BCUT2D eigenvalue weighted by Crippen LogP contribution is 2.48. The van der Waals surface area contributed by atoms with Crippen molar-refractivity contribution in [3.63, 3.8) is 0 Å². The van der Waals surface area contributed by atoms with E-state index in [0.717, 1.165) is 5.52 Å². The first-order valence-electron chi connectivity index (χ1n) is 11.4. The molecule has 8 rings (SSSR count). The second-order valence-corrected chi connectivity index (χ2v) is 9.66. The molecule has 0 amide bonds. The van der Waals surface area contributed by atoms with Gasteiger partial charge in [-0.25, -0.2) is 9.97 Å². The summed E-state index contributed by atoms with van der Waals surface area (Å²) in [4.78, 5) is 9.36. The maximum atomic E-state index is 4.68. The number of para-hydroxylation sites is 1. The minimum Gasteiger partial charge on any atom is -0.277 e. The van der Waals surface area contributed by atoms with Crippen molar-refractivity contribution in [2.45, 2.75) is 0 Å². The third kappa shape index (κ3) is 2.25. The van der Waals surface area contributed by atoms with E-state index in [1.54, 1.807) is 0 Å². The molecule has 4 heteroatoms. The Morgan fingerprint density at radius 2 is 1.24 bits per heavy atom. The molecular weight excluding hydrogens is 434 g/mol. The molecule has 3 aromatic heterocycles. The number of hydrogen-bond donors (Lipinski definition) is 0. The maximum Gasteiger partial charge on any atom is 0.234 e. The Kier molecular flexibility index (Phi) is 3.54. The zero-order valence-corrected chi connectivity index (χ0v) is 18.9. The van der Waals surface area contributed by atoms with Crippen LogP contribution >= 0.6 is 11.3 Å². The van der Waals surface area contributed by atoms with Crippen LogP contribution in [-0.4, -0.2) is 14.5 Å². The number of hydrogen-bond acceptors (Lipinski definition) is 3. The number of rotatable bonds is 1. The molecule has 0 N–H and O–H groups in total. The zero-order chi connectivity index (χ0) is 22.2. The molecule has 158 valence electrons. The molecule has 0 unspecified atom stereocenters. The number of nitrogens with zero attached hydrogens (tertiary/aromatic N) is 3. The predicted molar refractivity (Wildman–Crippen MR) is 144 cm³/mol. The minimum absolute atomic E-state index is 0.699. The topological polar surface area (TPSA) is 30.7 Å². The van der Waals surface area contributed by atoms with Gasteiger partial charge in [0.2, 0.25) is 5.95 Å². The summed E-state index contributed by atoms with van der Waals surface area (Å²) in [7, 11) is 0. The van der Waals surface area contributed by atoms with E-state index in [9.17, 15) is 0 Å². The predicted octanol–water partition coefficient (Wildman–Crippen LogP) is 8.25. The highest BCUT2D eigenvalue weighted by molar-refractivity contribution is 7.27. The molecule has 0 aliphatic heterocycles. The summed E-state index contributed by atoms with van der Waals surface area (Å²) in [6, 6.07) is 32.5. The van der Waals surface area contributed by atoms with Crippen molar-refractivity contribution in [1.29, 1.82) is 0 Å². The second kappa shape index (κ2) is 6.62.